The van der Waals surface area contributed by atoms with Gasteiger partial charge in [0.15, 0.2) is 0 Å². The SMILES string of the molecule is COC(CN)CC(=O)NC(C)(C)c1cccc(F)c1.Cl. The number of carbonyl (C=O) groups is 1. The summed E-state index contributed by atoms with van der Waals surface area (Å²) in [5.74, 6) is -0.497. The minimum Gasteiger partial charge on any atom is -0.380 e. The van der Waals surface area contributed by atoms with Crippen LogP contribution in [0.2, 0.25) is 0 Å². The van der Waals surface area contributed by atoms with Gasteiger partial charge in [0, 0.05) is 13.7 Å². The molecule has 1 amide bonds. The van der Waals surface area contributed by atoms with Gasteiger partial charge in [-0.05, 0) is 31.5 Å². The number of benzene rings is 1. The van der Waals surface area contributed by atoms with Gasteiger partial charge in [-0.3, -0.25) is 4.79 Å². The first-order chi connectivity index (χ1) is 8.89. The molecule has 6 heteroatoms. The molecule has 0 fully saturated rings. The van der Waals surface area contributed by atoms with E-state index in [-0.39, 0.29) is 43.2 Å². The molecule has 0 heterocycles. The first-order valence-electron chi connectivity index (χ1n) is 6.19. The van der Waals surface area contributed by atoms with E-state index in [0.717, 1.165) is 0 Å². The third-order valence-corrected chi connectivity index (χ3v) is 3.01. The maximum atomic E-state index is 13.2. The number of nitrogens with two attached hydrogens (primary N) is 1. The first kappa shape index (κ1) is 18.8. The lowest BCUT2D eigenvalue weighted by atomic mass is 9.94. The molecule has 1 atom stereocenters. The molecular weight excluding hydrogens is 283 g/mol. The van der Waals surface area contributed by atoms with Crippen LogP contribution in [0.25, 0.3) is 0 Å². The average molecular weight is 305 g/mol. The van der Waals surface area contributed by atoms with Crippen LogP contribution in [0.15, 0.2) is 24.3 Å². The number of halogens is 2. The van der Waals surface area contributed by atoms with Crippen molar-refractivity contribution < 1.29 is 13.9 Å². The smallest absolute Gasteiger partial charge is 0.223 e. The van der Waals surface area contributed by atoms with E-state index in [9.17, 15) is 9.18 Å². The van der Waals surface area contributed by atoms with Gasteiger partial charge in [0.2, 0.25) is 5.91 Å². The van der Waals surface area contributed by atoms with E-state index in [1.165, 1.54) is 19.2 Å². The van der Waals surface area contributed by atoms with Gasteiger partial charge in [0.1, 0.15) is 5.82 Å². The van der Waals surface area contributed by atoms with Crippen LogP contribution in [0, 0.1) is 5.82 Å². The maximum Gasteiger partial charge on any atom is 0.223 e. The van der Waals surface area contributed by atoms with Crippen molar-refractivity contribution in [2.45, 2.75) is 31.9 Å². The Labute approximate surface area is 125 Å². The number of hydrogen-bond acceptors (Lipinski definition) is 3. The highest BCUT2D eigenvalue weighted by Gasteiger charge is 2.24. The molecule has 0 saturated heterocycles. The van der Waals surface area contributed by atoms with E-state index >= 15 is 0 Å². The number of rotatable bonds is 6. The van der Waals surface area contributed by atoms with Crippen molar-refractivity contribution in [1.29, 1.82) is 0 Å². The molecule has 3 N–H and O–H groups in total. The van der Waals surface area contributed by atoms with Gasteiger partial charge in [-0.15, -0.1) is 12.4 Å². The number of carbonyl (C=O) groups excluding carboxylic acids is 1. The molecule has 1 unspecified atom stereocenters. The molecule has 1 aromatic rings. The van der Waals surface area contributed by atoms with Crippen LogP contribution in [0.4, 0.5) is 4.39 Å². The summed E-state index contributed by atoms with van der Waals surface area (Å²) in [5, 5.41) is 2.86. The van der Waals surface area contributed by atoms with E-state index in [4.69, 9.17) is 10.5 Å². The van der Waals surface area contributed by atoms with Crippen molar-refractivity contribution in [1.82, 2.24) is 5.32 Å². The second-order valence-electron chi connectivity index (χ2n) is 4.98. The summed E-state index contributed by atoms with van der Waals surface area (Å²) in [6, 6.07) is 6.18. The highest BCUT2D eigenvalue weighted by Crippen LogP contribution is 2.20. The van der Waals surface area contributed by atoms with Gasteiger partial charge in [0.05, 0.1) is 18.1 Å². The number of methoxy groups -OCH3 is 1. The number of amides is 1. The predicted molar refractivity (Wildman–Crippen MR) is 79.3 cm³/mol. The van der Waals surface area contributed by atoms with Crippen LogP contribution in [0.3, 0.4) is 0 Å². The Morgan fingerprint density at radius 3 is 2.65 bits per heavy atom. The molecule has 0 bridgehead atoms. The highest BCUT2D eigenvalue weighted by molar-refractivity contribution is 5.85. The van der Waals surface area contributed by atoms with E-state index in [2.05, 4.69) is 5.32 Å². The second-order valence-corrected chi connectivity index (χ2v) is 4.98. The molecule has 0 aromatic heterocycles. The Hall–Kier alpha value is -1.17. The largest absolute Gasteiger partial charge is 0.380 e. The van der Waals surface area contributed by atoms with Crippen LogP contribution in [0.1, 0.15) is 25.8 Å². The molecule has 0 radical (unpaired) electrons. The fraction of sp³-hybridized carbons (Fsp3) is 0.500. The normalized spacial score (nSPS) is 12.4. The molecule has 114 valence electrons. The third kappa shape index (κ3) is 5.45. The lowest BCUT2D eigenvalue weighted by Crippen LogP contribution is -2.43. The predicted octanol–water partition coefficient (Wildman–Crippen LogP) is 1.96. The van der Waals surface area contributed by atoms with Crippen molar-refractivity contribution in [3.8, 4) is 0 Å². The summed E-state index contributed by atoms with van der Waals surface area (Å²) >= 11 is 0. The summed E-state index contributed by atoms with van der Waals surface area (Å²) in [7, 11) is 1.52. The molecule has 20 heavy (non-hydrogen) atoms. The summed E-state index contributed by atoms with van der Waals surface area (Å²) in [6.45, 7) is 3.93. The standard InChI is InChI=1S/C14H21FN2O2.ClH/c1-14(2,10-5-4-6-11(15)7-10)17-13(18)8-12(9-16)19-3;/h4-7,12H,8-9,16H2,1-3H3,(H,17,18);1H. The fourth-order valence-electron chi connectivity index (χ4n) is 1.82. The van der Waals surface area contributed by atoms with Gasteiger partial charge in [-0.1, -0.05) is 12.1 Å². The molecule has 0 aliphatic carbocycles. The maximum absolute atomic E-state index is 13.2. The molecule has 1 rings (SSSR count). The minimum atomic E-state index is -0.647. The van der Waals surface area contributed by atoms with Crippen LogP contribution in [0.5, 0.6) is 0 Å². The zero-order valence-corrected chi connectivity index (χ0v) is 12.8. The van der Waals surface area contributed by atoms with Crippen LogP contribution in [-0.4, -0.2) is 25.7 Å². The van der Waals surface area contributed by atoms with Crippen molar-refractivity contribution in [3.05, 3.63) is 35.6 Å². The van der Waals surface area contributed by atoms with Crippen LogP contribution in [-0.2, 0) is 15.1 Å². The van der Waals surface area contributed by atoms with Crippen molar-refractivity contribution in [3.63, 3.8) is 0 Å². The summed E-state index contributed by atoms with van der Waals surface area (Å²) in [6.07, 6.45) is -0.116. The summed E-state index contributed by atoms with van der Waals surface area (Å²) < 4.78 is 18.3. The molecule has 0 spiro atoms. The minimum absolute atomic E-state index is 0. The summed E-state index contributed by atoms with van der Waals surface area (Å²) in [4.78, 5) is 11.9. The number of hydrogen-bond donors (Lipinski definition) is 2. The van der Waals surface area contributed by atoms with Crippen LogP contribution < -0.4 is 11.1 Å². The number of nitrogens with one attached hydrogen (secondary N) is 1. The van der Waals surface area contributed by atoms with Gasteiger partial charge in [-0.2, -0.15) is 0 Å². The molecule has 0 saturated carbocycles. The van der Waals surface area contributed by atoms with Gasteiger partial charge in [-0.25, -0.2) is 4.39 Å². The summed E-state index contributed by atoms with van der Waals surface area (Å²) in [5.41, 5.74) is 5.54. The molecule has 4 nitrogen and oxygen atoms in total. The monoisotopic (exact) mass is 304 g/mol. The first-order valence-corrected chi connectivity index (χ1v) is 6.19. The Kier molecular flexibility index (Phi) is 7.71. The highest BCUT2D eigenvalue weighted by atomic mass is 35.5. The Morgan fingerprint density at radius 1 is 1.50 bits per heavy atom. The van der Waals surface area contributed by atoms with Gasteiger partial charge in [0.25, 0.3) is 0 Å². The zero-order valence-electron chi connectivity index (χ0n) is 12.0. The van der Waals surface area contributed by atoms with E-state index < -0.39 is 5.54 Å². The van der Waals surface area contributed by atoms with Crippen molar-refractivity contribution in [2.24, 2.45) is 5.73 Å². The lowest BCUT2D eigenvalue weighted by Gasteiger charge is -2.27. The van der Waals surface area contributed by atoms with Gasteiger partial charge < -0.3 is 15.8 Å². The molecule has 1 aromatic carbocycles. The zero-order chi connectivity index (χ0) is 14.5. The van der Waals surface area contributed by atoms with Crippen LogP contribution >= 0.6 is 12.4 Å². The lowest BCUT2D eigenvalue weighted by molar-refractivity contribution is -0.125. The topological polar surface area (TPSA) is 64.3 Å². The number of ether oxygens (including phenoxy) is 1. The molecule has 0 aliphatic heterocycles. The Morgan fingerprint density at radius 2 is 2.15 bits per heavy atom. The fourth-order valence-corrected chi connectivity index (χ4v) is 1.82. The van der Waals surface area contributed by atoms with E-state index in [0.29, 0.717) is 5.56 Å². The van der Waals surface area contributed by atoms with Crippen molar-refractivity contribution >= 4 is 18.3 Å². The van der Waals surface area contributed by atoms with Gasteiger partial charge >= 0.3 is 0 Å². The average Bonchev–Trinajstić information content (AvgIpc) is 2.35. The molecule has 0 aliphatic rings. The Balaban J connectivity index is 0.00000361. The second kappa shape index (κ2) is 8.19. The Bertz CT molecular complexity index is 437. The quantitative estimate of drug-likeness (QED) is 0.844. The van der Waals surface area contributed by atoms with Crippen molar-refractivity contribution in [2.75, 3.05) is 13.7 Å². The molecular formula is C14H22ClFN2O2. The van der Waals surface area contributed by atoms with E-state index in [1.807, 2.05) is 13.8 Å². The van der Waals surface area contributed by atoms with E-state index in [1.54, 1.807) is 12.1 Å². The third-order valence-electron chi connectivity index (χ3n) is 3.01.